The zero-order chi connectivity index (χ0) is 20.2. The molecule has 0 fully saturated rings. The van der Waals surface area contributed by atoms with Crippen LogP contribution in [0, 0.1) is 34.6 Å². The quantitative estimate of drug-likeness (QED) is 0.165. The summed E-state index contributed by atoms with van der Waals surface area (Å²) in [6.45, 7) is 11.2. The van der Waals surface area contributed by atoms with Gasteiger partial charge in [0.15, 0.2) is 6.20 Å². The monoisotopic (exact) mass is 377 g/mol. The molecule has 0 radical (unpaired) electrons. The Morgan fingerprint density at radius 2 is 1.52 bits per heavy atom. The number of fused-ring (bicyclic) bond motifs is 6. The number of aryl methyl sites for hydroxylation is 6. The van der Waals surface area contributed by atoms with E-state index in [4.69, 9.17) is 0 Å². The van der Waals surface area contributed by atoms with Crippen LogP contribution in [0.15, 0.2) is 42.6 Å². The first-order chi connectivity index (χ1) is 13.9. The standard InChI is InChI=1S/C27H25N2/c1-14-7-8-20-21(11-14)29-25-17(4)12-15(2)18(5)23(25)26-24-19(9-10-28(26)6)13-16(3)22(20)27(24)29/h7-13H,1-6H3/q+1. The normalized spacial score (nSPS) is 12.5. The molecule has 0 spiro atoms. The Hall–Kier alpha value is -3.13. The van der Waals surface area contributed by atoms with Crippen molar-refractivity contribution in [1.29, 1.82) is 0 Å². The largest absolute Gasteiger partial charge is 0.307 e. The number of benzene rings is 3. The van der Waals surface area contributed by atoms with Gasteiger partial charge < -0.3 is 4.40 Å². The molecule has 0 bridgehead atoms. The van der Waals surface area contributed by atoms with Crippen LogP contribution in [0.25, 0.3) is 49.0 Å². The van der Waals surface area contributed by atoms with Crippen LogP contribution in [0.1, 0.15) is 27.8 Å². The van der Waals surface area contributed by atoms with Gasteiger partial charge in [-0.15, -0.1) is 0 Å². The van der Waals surface area contributed by atoms with Gasteiger partial charge in [-0.1, -0.05) is 24.3 Å². The van der Waals surface area contributed by atoms with Crippen molar-refractivity contribution in [3.8, 4) is 0 Å². The van der Waals surface area contributed by atoms with Crippen LogP contribution in [0.4, 0.5) is 0 Å². The fourth-order valence-electron chi connectivity index (χ4n) is 5.56. The summed E-state index contributed by atoms with van der Waals surface area (Å²) in [5.41, 5.74) is 12.1. The Morgan fingerprint density at radius 3 is 2.31 bits per heavy atom. The summed E-state index contributed by atoms with van der Waals surface area (Å²) < 4.78 is 4.87. The van der Waals surface area contributed by atoms with Crippen LogP contribution in [0.2, 0.25) is 0 Å². The summed E-state index contributed by atoms with van der Waals surface area (Å²) in [6, 6.07) is 13.9. The maximum Gasteiger partial charge on any atom is 0.224 e. The first-order valence-corrected chi connectivity index (χ1v) is 10.4. The lowest BCUT2D eigenvalue weighted by atomic mass is 9.94. The molecule has 3 heterocycles. The topological polar surface area (TPSA) is 8.29 Å². The minimum Gasteiger partial charge on any atom is -0.307 e. The molecule has 3 aromatic carbocycles. The molecule has 142 valence electrons. The number of hydrogen-bond acceptors (Lipinski definition) is 0. The first kappa shape index (κ1) is 16.8. The van der Waals surface area contributed by atoms with Crippen LogP contribution >= 0.6 is 0 Å². The van der Waals surface area contributed by atoms with E-state index >= 15 is 0 Å². The van der Waals surface area contributed by atoms with Crippen molar-refractivity contribution < 1.29 is 4.57 Å². The molecule has 0 aliphatic heterocycles. The summed E-state index contributed by atoms with van der Waals surface area (Å²) >= 11 is 0. The smallest absolute Gasteiger partial charge is 0.224 e. The minimum absolute atomic E-state index is 1.30. The number of hydrogen-bond donors (Lipinski definition) is 0. The molecule has 2 heteroatoms. The average molecular weight is 378 g/mol. The van der Waals surface area contributed by atoms with Crippen molar-refractivity contribution in [3.05, 3.63) is 70.4 Å². The molecule has 0 amide bonds. The highest BCUT2D eigenvalue weighted by molar-refractivity contribution is 6.28. The molecule has 2 nitrogen and oxygen atoms in total. The van der Waals surface area contributed by atoms with Crippen LogP contribution in [0.5, 0.6) is 0 Å². The Bertz CT molecular complexity index is 1650. The highest BCUT2D eigenvalue weighted by atomic mass is 15.0. The Labute approximate surface area is 170 Å². The number of aromatic nitrogens is 2. The predicted octanol–water partition coefficient (Wildman–Crippen LogP) is 6.36. The van der Waals surface area contributed by atoms with Gasteiger partial charge in [-0.05, 0) is 73.9 Å². The maximum atomic E-state index is 2.55. The Balaban J connectivity index is 2.18. The number of pyridine rings is 2. The second kappa shape index (κ2) is 5.27. The van der Waals surface area contributed by atoms with Gasteiger partial charge in [-0.3, -0.25) is 0 Å². The lowest BCUT2D eigenvalue weighted by Crippen LogP contribution is -2.29. The van der Waals surface area contributed by atoms with Crippen LogP contribution in [0.3, 0.4) is 0 Å². The fourth-order valence-corrected chi connectivity index (χ4v) is 5.56. The molecule has 0 saturated carbocycles. The molecule has 6 aromatic rings. The summed E-state index contributed by atoms with van der Waals surface area (Å²) in [6.07, 6.45) is 2.21. The minimum atomic E-state index is 1.30. The predicted molar refractivity (Wildman–Crippen MR) is 123 cm³/mol. The SMILES string of the molecule is Cc1ccc2c3c(C)cc4cc[n+](C)c5c6c(C)c(C)cc(C)c6n(c2c1)c3c45. The third-order valence-corrected chi connectivity index (χ3v) is 6.95. The van der Waals surface area contributed by atoms with Crippen molar-refractivity contribution in [2.75, 3.05) is 0 Å². The van der Waals surface area contributed by atoms with Crippen molar-refractivity contribution in [3.63, 3.8) is 0 Å². The molecule has 0 aliphatic carbocycles. The highest BCUT2D eigenvalue weighted by Crippen LogP contribution is 2.43. The molecule has 29 heavy (non-hydrogen) atoms. The summed E-state index contributed by atoms with van der Waals surface area (Å²) in [5.74, 6) is 0. The van der Waals surface area contributed by atoms with Gasteiger partial charge in [-0.25, -0.2) is 4.57 Å². The van der Waals surface area contributed by atoms with Gasteiger partial charge in [-0.2, -0.15) is 0 Å². The fraction of sp³-hybridized carbons (Fsp3) is 0.222. The molecule has 0 saturated heterocycles. The van der Waals surface area contributed by atoms with E-state index in [2.05, 4.69) is 93.2 Å². The lowest BCUT2D eigenvalue weighted by molar-refractivity contribution is -0.643. The summed E-state index contributed by atoms with van der Waals surface area (Å²) in [5, 5.41) is 6.83. The van der Waals surface area contributed by atoms with E-state index in [9.17, 15) is 0 Å². The van der Waals surface area contributed by atoms with Crippen molar-refractivity contribution >= 4 is 49.0 Å². The molecule has 6 rings (SSSR count). The van der Waals surface area contributed by atoms with Crippen molar-refractivity contribution in [1.82, 2.24) is 4.40 Å². The Morgan fingerprint density at radius 1 is 0.724 bits per heavy atom. The molecular formula is C27H25N2+. The molecule has 0 aliphatic rings. The summed E-state index contributed by atoms with van der Waals surface area (Å²) in [4.78, 5) is 0. The zero-order valence-corrected chi connectivity index (χ0v) is 17.9. The highest BCUT2D eigenvalue weighted by Gasteiger charge is 2.26. The van der Waals surface area contributed by atoms with E-state index in [0.29, 0.717) is 0 Å². The Kier molecular flexibility index (Phi) is 3.05. The van der Waals surface area contributed by atoms with E-state index in [1.54, 1.807) is 0 Å². The van der Waals surface area contributed by atoms with Crippen LogP contribution < -0.4 is 4.57 Å². The van der Waals surface area contributed by atoms with E-state index in [1.807, 2.05) is 0 Å². The van der Waals surface area contributed by atoms with Crippen molar-refractivity contribution in [2.45, 2.75) is 34.6 Å². The van der Waals surface area contributed by atoms with Crippen LogP contribution in [-0.4, -0.2) is 4.40 Å². The van der Waals surface area contributed by atoms with E-state index in [-0.39, 0.29) is 0 Å². The van der Waals surface area contributed by atoms with E-state index in [0.717, 1.165) is 0 Å². The van der Waals surface area contributed by atoms with Gasteiger partial charge in [0.05, 0.1) is 27.3 Å². The molecule has 0 unspecified atom stereocenters. The first-order valence-electron chi connectivity index (χ1n) is 10.4. The molecular weight excluding hydrogens is 352 g/mol. The maximum absolute atomic E-state index is 2.55. The van der Waals surface area contributed by atoms with Gasteiger partial charge >= 0.3 is 0 Å². The van der Waals surface area contributed by atoms with E-state index < -0.39 is 0 Å². The second-order valence-corrected chi connectivity index (χ2v) is 8.87. The van der Waals surface area contributed by atoms with Gasteiger partial charge in [0.25, 0.3) is 0 Å². The zero-order valence-electron chi connectivity index (χ0n) is 17.9. The van der Waals surface area contributed by atoms with Gasteiger partial charge in [0.2, 0.25) is 5.52 Å². The average Bonchev–Trinajstić information content (AvgIpc) is 3.01. The summed E-state index contributed by atoms with van der Waals surface area (Å²) in [7, 11) is 2.18. The van der Waals surface area contributed by atoms with Gasteiger partial charge in [0, 0.05) is 16.8 Å². The lowest BCUT2D eigenvalue weighted by Gasteiger charge is -2.16. The van der Waals surface area contributed by atoms with Gasteiger partial charge in [0.1, 0.15) is 7.05 Å². The second-order valence-electron chi connectivity index (χ2n) is 8.87. The number of nitrogens with zero attached hydrogens (tertiary/aromatic N) is 2. The number of rotatable bonds is 0. The third kappa shape index (κ3) is 1.89. The molecule has 3 aromatic heterocycles. The van der Waals surface area contributed by atoms with Crippen LogP contribution in [-0.2, 0) is 7.05 Å². The van der Waals surface area contributed by atoms with E-state index in [1.165, 1.54) is 76.8 Å². The molecule has 0 N–H and O–H groups in total. The van der Waals surface area contributed by atoms with Crippen molar-refractivity contribution in [2.24, 2.45) is 7.05 Å². The molecule has 0 atom stereocenters. The third-order valence-electron chi connectivity index (χ3n) is 6.95.